The van der Waals surface area contributed by atoms with E-state index in [0.717, 1.165) is 6.54 Å². The zero-order valence-corrected chi connectivity index (χ0v) is 39.4. The molecule has 3 radical (unpaired) electrons. The van der Waals surface area contributed by atoms with Gasteiger partial charge in [-0.25, -0.2) is 0 Å². The Morgan fingerprint density at radius 1 is 0.600 bits per heavy atom. The molecule has 0 aliphatic carbocycles. The first-order valence-electron chi connectivity index (χ1n) is 12.5. The van der Waals surface area contributed by atoms with E-state index in [2.05, 4.69) is 114 Å². The van der Waals surface area contributed by atoms with Gasteiger partial charge < -0.3 is 14.5 Å². The number of carbonyl (C=O) groups excluding carboxylic acids is 2. The smallest absolute Gasteiger partial charge is 0 e. The molecule has 2 aromatic rings. The SMILES string of the molecule is CC.CC.CN(C)Cc1cccc(C[PH+](C)C)n1.C[PH+](C)Cc1cccc(C[PH+](C)C)n1.[CH-]=O.[CH-]=O.[RuH+2].[RuH+].[Y].[Y]. The van der Waals surface area contributed by atoms with Crippen LogP contribution in [0.15, 0.2) is 36.4 Å². The average Bonchev–Trinajstić information content (AvgIpc) is 2.83. The second kappa shape index (κ2) is 45.8. The fourth-order valence-electron chi connectivity index (χ4n) is 2.85. The van der Waals surface area contributed by atoms with Crippen LogP contribution < -0.4 is 0 Å². The van der Waals surface area contributed by atoms with E-state index in [1.807, 2.05) is 27.7 Å². The predicted octanol–water partition coefficient (Wildman–Crippen LogP) is 6.11. The summed E-state index contributed by atoms with van der Waals surface area (Å²) in [7, 11) is 3.57. The minimum atomic E-state index is -0.208. The predicted molar refractivity (Wildman–Crippen MR) is 176 cm³/mol. The van der Waals surface area contributed by atoms with E-state index >= 15 is 0 Å². The maximum Gasteiger partial charge on any atom is 0 e. The van der Waals surface area contributed by atoms with Crippen LogP contribution in [0.4, 0.5) is 0 Å². The largest absolute Gasteiger partial charge is 0 e. The van der Waals surface area contributed by atoms with Crippen LogP contribution in [0.25, 0.3) is 0 Å². The van der Waals surface area contributed by atoms with Crippen LogP contribution in [0.3, 0.4) is 0 Å². The summed E-state index contributed by atoms with van der Waals surface area (Å²) < 4.78 is 0. The molecule has 0 spiro atoms. The molecular weight excluding hydrogens is 883 g/mol. The third-order valence-electron chi connectivity index (χ3n) is 3.81. The molecular formula is C28H57N3O2P3Ru2Y2+4. The summed E-state index contributed by atoms with van der Waals surface area (Å²) in [5.74, 6) is 0. The van der Waals surface area contributed by atoms with Crippen LogP contribution in [-0.4, -0.2) is 82.5 Å². The molecule has 0 aromatic carbocycles. The van der Waals surface area contributed by atoms with E-state index in [-0.39, 0.29) is 128 Å². The normalized spacial score (nSPS) is 8.40. The second-order valence-electron chi connectivity index (χ2n) is 8.63. The molecule has 5 nitrogen and oxygen atoms in total. The van der Waals surface area contributed by atoms with Crippen molar-refractivity contribution in [2.45, 2.75) is 52.7 Å². The van der Waals surface area contributed by atoms with Crippen molar-refractivity contribution in [3.05, 3.63) is 59.2 Å². The minimum Gasteiger partial charge on any atom is 0 e. The fourth-order valence-corrected chi connectivity index (χ4v) is 5.62. The first-order valence-corrected chi connectivity index (χ1v) is 20.7. The van der Waals surface area contributed by atoms with Crippen LogP contribution in [0.1, 0.15) is 50.5 Å². The van der Waals surface area contributed by atoms with E-state index < -0.39 is 0 Å². The van der Waals surface area contributed by atoms with E-state index in [4.69, 9.17) is 14.6 Å². The number of hydrogen-bond donors (Lipinski definition) is 0. The summed E-state index contributed by atoms with van der Waals surface area (Å²) in [6, 6.07) is 12.8. The van der Waals surface area contributed by atoms with Gasteiger partial charge in [-0.2, -0.15) is 0 Å². The van der Waals surface area contributed by atoms with Crippen LogP contribution in [0, 0.1) is 0 Å². The molecule has 0 bridgehead atoms. The third-order valence-corrected chi connectivity index (χ3v) is 7.02. The second-order valence-corrected chi connectivity index (χ2v) is 16.9. The van der Waals surface area contributed by atoms with E-state index in [1.54, 1.807) is 0 Å². The van der Waals surface area contributed by atoms with Crippen LogP contribution in [0.2, 0.25) is 0 Å². The van der Waals surface area contributed by atoms with Gasteiger partial charge in [-0.15, -0.1) is 0 Å². The summed E-state index contributed by atoms with van der Waals surface area (Å²) in [4.78, 5) is 27.0. The molecule has 12 heteroatoms. The summed E-state index contributed by atoms with van der Waals surface area (Å²) in [6.07, 6.45) is 3.58. The molecule has 40 heavy (non-hydrogen) atoms. The first-order chi connectivity index (χ1) is 17.2. The topological polar surface area (TPSA) is 63.2 Å². The van der Waals surface area contributed by atoms with E-state index in [0.29, 0.717) is 0 Å². The molecule has 0 saturated heterocycles. The van der Waals surface area contributed by atoms with Crippen molar-refractivity contribution in [3.8, 4) is 0 Å². The zero-order chi connectivity index (χ0) is 29.1. The Bertz CT molecular complexity index is 641. The van der Waals surface area contributed by atoms with Gasteiger partial charge in [-0.3, -0.25) is 23.5 Å². The Hall–Kier alpha value is 2.34. The maximum absolute atomic E-state index is 7.75. The third kappa shape index (κ3) is 42.5. The van der Waals surface area contributed by atoms with Gasteiger partial charge in [0.1, 0.15) is 0 Å². The maximum atomic E-state index is 7.75. The number of rotatable bonds is 8. The van der Waals surface area contributed by atoms with Gasteiger partial charge >= 0.3 is 39.0 Å². The van der Waals surface area contributed by atoms with E-state index in [9.17, 15) is 0 Å². The van der Waals surface area contributed by atoms with Gasteiger partial charge in [0.25, 0.3) is 0 Å². The Balaban J connectivity index is -0.0000000630. The van der Waals surface area contributed by atoms with Gasteiger partial charge in [-0.1, -0.05) is 39.8 Å². The summed E-state index contributed by atoms with van der Waals surface area (Å²) >= 11 is 0. The molecule has 0 saturated carbocycles. The summed E-state index contributed by atoms with van der Waals surface area (Å²) in [5.41, 5.74) is 5.02. The Labute approximate surface area is 328 Å². The molecule has 0 aliphatic rings. The zero-order valence-electron chi connectivity index (χ0n) is 27.0. The van der Waals surface area contributed by atoms with Crippen LogP contribution in [0.5, 0.6) is 0 Å². The fraction of sp³-hybridized carbons (Fsp3) is 0.571. The molecule has 0 N–H and O–H groups in total. The summed E-state index contributed by atoms with van der Waals surface area (Å²) in [5, 5.41) is 0. The standard InChI is InChI=1S/C11H19N2P.C11H19NP2.2C2H6.2CHO.2Ru.2Y.2H/c2*1-13(2)8-10-6-5-7-11(12-10)9-14(3)4;4*1-2;;;;;;/h2*5-7H,8-9H2,1-4H3;2*1-2H3;2*1H;;;;;;/q;;;;2*-1;+1;+2;;;;/p+3. The van der Waals surface area contributed by atoms with E-state index in [1.165, 1.54) is 41.3 Å². The molecule has 2 aromatic heterocycles. The average molecular weight is 941 g/mol. The monoisotopic (exact) mass is 942 g/mol. The van der Waals surface area contributed by atoms with Gasteiger partial charge in [0.05, 0.1) is 41.3 Å². The van der Waals surface area contributed by atoms with Gasteiger partial charge in [0.2, 0.25) is 0 Å². The van der Waals surface area contributed by atoms with Crippen molar-refractivity contribution >= 4 is 37.3 Å². The van der Waals surface area contributed by atoms with Crippen molar-refractivity contribution in [1.82, 2.24) is 14.9 Å². The number of aromatic nitrogens is 2. The molecule has 2 rings (SSSR count). The van der Waals surface area contributed by atoms with Gasteiger partial charge in [-0.05, 0) is 38.4 Å². The molecule has 0 aliphatic heterocycles. The van der Waals surface area contributed by atoms with Gasteiger partial charge in [0.15, 0.2) is 0 Å². The van der Waals surface area contributed by atoms with Crippen molar-refractivity contribution in [2.24, 2.45) is 0 Å². The molecule has 229 valence electrons. The van der Waals surface area contributed by atoms with Crippen LogP contribution >= 0.6 is 23.8 Å². The summed E-state index contributed by atoms with van der Waals surface area (Å²) in [6.45, 7) is 29.4. The molecule has 0 fully saturated rings. The van der Waals surface area contributed by atoms with Crippen molar-refractivity contribution in [3.63, 3.8) is 0 Å². The van der Waals surface area contributed by atoms with Crippen molar-refractivity contribution in [2.75, 3.05) is 54.1 Å². The van der Waals surface area contributed by atoms with Gasteiger partial charge in [0, 0.05) is 136 Å². The minimum absolute atomic E-state index is 0. The number of hydrogen-bond acceptors (Lipinski definition) is 5. The molecule has 0 unspecified atom stereocenters. The molecule has 2 heterocycles. The Morgan fingerprint density at radius 2 is 0.825 bits per heavy atom. The Kier molecular flexibility index (Phi) is 70.2. The van der Waals surface area contributed by atoms with Crippen molar-refractivity contribution in [1.29, 1.82) is 0 Å². The number of nitrogens with zero attached hydrogens (tertiary/aromatic N) is 3. The van der Waals surface area contributed by atoms with Crippen LogP contribution in [-0.2, 0) is 139 Å². The molecule has 0 amide bonds. The Morgan fingerprint density at radius 3 is 1.05 bits per heavy atom. The molecule has 0 atom stereocenters. The van der Waals surface area contributed by atoms with Crippen molar-refractivity contribution < 1.29 is 114 Å². The first kappa shape index (κ1) is 61.4. The number of pyridine rings is 2. The quantitative estimate of drug-likeness (QED) is 0.139.